The van der Waals surface area contributed by atoms with Crippen molar-refractivity contribution in [3.63, 3.8) is 0 Å². The van der Waals surface area contributed by atoms with Crippen LogP contribution in [0.3, 0.4) is 0 Å². The van der Waals surface area contributed by atoms with Gasteiger partial charge in [-0.15, -0.1) is 0 Å². The quantitative estimate of drug-likeness (QED) is 0.164. The molecular weight excluding hydrogens is 511 g/mol. The van der Waals surface area contributed by atoms with Crippen LogP contribution in [0, 0.1) is 19.7 Å². The van der Waals surface area contributed by atoms with Crippen molar-refractivity contribution in [3.8, 4) is 16.9 Å². The van der Waals surface area contributed by atoms with Crippen molar-refractivity contribution in [1.82, 2.24) is 14.6 Å². The summed E-state index contributed by atoms with van der Waals surface area (Å²) in [4.78, 5) is 12.9. The molecule has 4 aromatic carbocycles. The summed E-state index contributed by atoms with van der Waals surface area (Å²) in [6.07, 6.45) is 1.66. The summed E-state index contributed by atoms with van der Waals surface area (Å²) in [5.74, 6) is -0.533. The number of rotatable bonds is 7. The topological polar surface area (TPSA) is 51.3 Å². The van der Waals surface area contributed by atoms with Crippen LogP contribution in [-0.2, 0) is 6.54 Å². The highest BCUT2D eigenvalue weighted by Crippen LogP contribution is 2.27. The minimum absolute atomic E-state index is 0.235. The molecule has 5 nitrogen and oxygen atoms in total. The maximum Gasteiger partial charge on any atom is 0.271 e. The van der Waals surface area contributed by atoms with Gasteiger partial charge in [0.25, 0.3) is 5.91 Å². The van der Waals surface area contributed by atoms with E-state index in [2.05, 4.69) is 50.9 Å². The van der Waals surface area contributed by atoms with Crippen LogP contribution in [0.2, 0.25) is 0 Å². The number of halogens is 1. The molecule has 6 rings (SSSR count). The Kier molecular flexibility index (Phi) is 7.04. The van der Waals surface area contributed by atoms with E-state index >= 15 is 0 Å². The number of hydrazone groups is 1. The first-order valence-corrected chi connectivity index (χ1v) is 13.5. The van der Waals surface area contributed by atoms with Crippen LogP contribution < -0.4 is 5.43 Å². The van der Waals surface area contributed by atoms with Crippen molar-refractivity contribution in [2.24, 2.45) is 5.10 Å². The highest BCUT2D eigenvalue weighted by atomic mass is 19.1. The number of carbonyl (C=O) groups is 1. The minimum atomic E-state index is -0.298. The van der Waals surface area contributed by atoms with Gasteiger partial charge in [-0.25, -0.2) is 9.82 Å². The lowest BCUT2D eigenvalue weighted by molar-refractivity contribution is 0.0955. The minimum Gasteiger partial charge on any atom is -0.340 e. The fourth-order valence-electron chi connectivity index (χ4n) is 5.32. The fraction of sp³-hybridized carbons (Fsp3) is 0.0857. The number of para-hydroxylation sites is 1. The lowest BCUT2D eigenvalue weighted by Crippen LogP contribution is -2.17. The molecule has 0 spiro atoms. The lowest BCUT2D eigenvalue weighted by Gasteiger charge is -2.12. The van der Waals surface area contributed by atoms with E-state index < -0.39 is 0 Å². The third-order valence-corrected chi connectivity index (χ3v) is 7.46. The van der Waals surface area contributed by atoms with E-state index in [1.807, 2.05) is 67.6 Å². The number of nitrogens with zero attached hydrogens (tertiary/aromatic N) is 3. The smallest absolute Gasteiger partial charge is 0.271 e. The van der Waals surface area contributed by atoms with Crippen molar-refractivity contribution >= 4 is 23.0 Å². The fourth-order valence-corrected chi connectivity index (χ4v) is 5.32. The van der Waals surface area contributed by atoms with Crippen LogP contribution >= 0.6 is 0 Å². The van der Waals surface area contributed by atoms with E-state index in [4.69, 9.17) is 0 Å². The number of amides is 1. The number of carbonyl (C=O) groups excluding carboxylic acids is 1. The van der Waals surface area contributed by atoms with E-state index in [1.165, 1.54) is 6.07 Å². The molecule has 0 aliphatic heterocycles. The summed E-state index contributed by atoms with van der Waals surface area (Å²) in [6.45, 7) is 4.45. The van der Waals surface area contributed by atoms with Crippen molar-refractivity contribution < 1.29 is 9.18 Å². The highest BCUT2D eigenvalue weighted by Gasteiger charge is 2.15. The number of aryl methyl sites for hydroxylation is 1. The lowest BCUT2D eigenvalue weighted by atomic mass is 10.1. The normalized spacial score (nSPS) is 11.4. The molecule has 0 aliphatic rings. The van der Waals surface area contributed by atoms with Crippen molar-refractivity contribution in [3.05, 3.63) is 149 Å². The van der Waals surface area contributed by atoms with Gasteiger partial charge in [0.15, 0.2) is 0 Å². The summed E-state index contributed by atoms with van der Waals surface area (Å²) < 4.78 is 18.6. The molecule has 0 atom stereocenters. The van der Waals surface area contributed by atoms with Crippen LogP contribution in [0.15, 0.2) is 120 Å². The molecule has 0 unspecified atom stereocenters. The Morgan fingerprint density at radius 2 is 1.54 bits per heavy atom. The second kappa shape index (κ2) is 11.1. The first kappa shape index (κ1) is 26.0. The Bertz CT molecular complexity index is 1880. The Morgan fingerprint density at radius 3 is 2.32 bits per heavy atom. The molecule has 2 heterocycles. The van der Waals surface area contributed by atoms with E-state index in [0.717, 1.165) is 44.8 Å². The molecule has 0 radical (unpaired) electrons. The monoisotopic (exact) mass is 540 g/mol. The Labute approximate surface area is 238 Å². The average molecular weight is 541 g/mol. The maximum absolute atomic E-state index is 14.4. The molecule has 0 saturated carbocycles. The van der Waals surface area contributed by atoms with Crippen molar-refractivity contribution in [2.75, 3.05) is 0 Å². The first-order valence-electron chi connectivity index (χ1n) is 13.5. The standard InChI is InChI=1S/C35H29FN4O/c1-24-16-21-33(26-10-4-3-5-11-26)40(24)29-19-17-27(18-20-29)35(41)38-37-22-31-25(2)39(34-15-9-7-13-30(31)34)23-28-12-6-8-14-32(28)36/h3-22H,23H2,1-2H3,(H,38,41)/b37-22+. The van der Waals surface area contributed by atoms with Gasteiger partial charge in [0.1, 0.15) is 5.82 Å². The zero-order chi connectivity index (χ0) is 28.3. The number of aromatic nitrogens is 2. The predicted molar refractivity (Wildman–Crippen MR) is 163 cm³/mol. The second-order valence-electron chi connectivity index (χ2n) is 10.0. The summed E-state index contributed by atoms with van der Waals surface area (Å²) in [5.41, 5.74) is 10.9. The third-order valence-electron chi connectivity index (χ3n) is 7.46. The molecule has 41 heavy (non-hydrogen) atoms. The molecule has 0 aliphatic carbocycles. The van der Waals surface area contributed by atoms with E-state index in [0.29, 0.717) is 17.7 Å². The zero-order valence-corrected chi connectivity index (χ0v) is 22.9. The zero-order valence-electron chi connectivity index (χ0n) is 22.9. The Morgan fingerprint density at radius 1 is 0.829 bits per heavy atom. The molecule has 2 aromatic heterocycles. The number of hydrogen-bond donors (Lipinski definition) is 1. The van der Waals surface area contributed by atoms with Gasteiger partial charge in [0.05, 0.1) is 18.5 Å². The first-order chi connectivity index (χ1) is 20.0. The molecular formula is C35H29FN4O. The van der Waals surface area contributed by atoms with Gasteiger partial charge in [-0.1, -0.05) is 66.7 Å². The average Bonchev–Trinajstić information content (AvgIpc) is 3.52. The molecule has 6 heteroatoms. The predicted octanol–water partition coefficient (Wildman–Crippen LogP) is 7.67. The van der Waals surface area contributed by atoms with Crippen LogP contribution in [0.25, 0.3) is 27.8 Å². The van der Waals surface area contributed by atoms with Gasteiger partial charge in [-0.3, -0.25) is 4.79 Å². The van der Waals surface area contributed by atoms with Gasteiger partial charge in [-0.2, -0.15) is 5.10 Å². The molecule has 6 aromatic rings. The summed E-state index contributed by atoms with van der Waals surface area (Å²) in [7, 11) is 0. The van der Waals surface area contributed by atoms with Crippen molar-refractivity contribution in [1.29, 1.82) is 0 Å². The van der Waals surface area contributed by atoms with Crippen molar-refractivity contribution in [2.45, 2.75) is 20.4 Å². The molecule has 202 valence electrons. The summed E-state index contributed by atoms with van der Waals surface area (Å²) >= 11 is 0. The highest BCUT2D eigenvalue weighted by molar-refractivity contribution is 6.02. The second-order valence-corrected chi connectivity index (χ2v) is 10.0. The number of hydrogen-bond acceptors (Lipinski definition) is 2. The van der Waals surface area contributed by atoms with E-state index in [-0.39, 0.29) is 11.7 Å². The maximum atomic E-state index is 14.4. The molecule has 0 bridgehead atoms. The number of benzene rings is 4. The van der Waals surface area contributed by atoms with Gasteiger partial charge in [0.2, 0.25) is 0 Å². The van der Waals surface area contributed by atoms with Gasteiger partial charge >= 0.3 is 0 Å². The van der Waals surface area contributed by atoms with E-state index in [9.17, 15) is 9.18 Å². The molecule has 0 saturated heterocycles. The molecule has 1 amide bonds. The molecule has 1 N–H and O–H groups in total. The van der Waals surface area contributed by atoms with Crippen LogP contribution in [-0.4, -0.2) is 21.3 Å². The number of nitrogens with one attached hydrogen (secondary N) is 1. The summed E-state index contributed by atoms with van der Waals surface area (Å²) in [6, 6.07) is 36.7. The van der Waals surface area contributed by atoms with Crippen LogP contribution in [0.5, 0.6) is 0 Å². The van der Waals surface area contributed by atoms with Crippen LogP contribution in [0.1, 0.15) is 32.9 Å². The van der Waals surface area contributed by atoms with E-state index in [1.54, 1.807) is 30.5 Å². The van der Waals surface area contributed by atoms with Gasteiger partial charge in [0, 0.05) is 44.7 Å². The van der Waals surface area contributed by atoms with Gasteiger partial charge < -0.3 is 9.13 Å². The van der Waals surface area contributed by atoms with Crippen LogP contribution in [0.4, 0.5) is 4.39 Å². The third kappa shape index (κ3) is 5.08. The molecule has 0 fully saturated rings. The van der Waals surface area contributed by atoms with Gasteiger partial charge in [-0.05, 0) is 67.9 Å². The largest absolute Gasteiger partial charge is 0.340 e. The SMILES string of the molecule is Cc1ccc(-c2ccccc2)n1-c1ccc(C(=O)N/N=C/c2c(C)n(Cc3ccccc3F)c3ccccc23)cc1. The number of fused-ring (bicyclic) bond motifs is 1. The Balaban J connectivity index is 1.22. The summed E-state index contributed by atoms with van der Waals surface area (Å²) in [5, 5.41) is 5.28. The Hall–Kier alpha value is -5.23.